The minimum atomic E-state index is -0.265. The van der Waals surface area contributed by atoms with E-state index in [0.29, 0.717) is 30.2 Å². The zero-order chi connectivity index (χ0) is 23.1. The average molecular weight is 446 g/mol. The number of pyridine rings is 1. The van der Waals surface area contributed by atoms with Crippen LogP contribution < -0.4 is 10.1 Å². The van der Waals surface area contributed by atoms with Crippen molar-refractivity contribution >= 4 is 17.4 Å². The van der Waals surface area contributed by atoms with Gasteiger partial charge in [0.15, 0.2) is 0 Å². The zero-order valence-corrected chi connectivity index (χ0v) is 18.6. The van der Waals surface area contributed by atoms with Crippen LogP contribution in [0.1, 0.15) is 27.2 Å². The normalized spacial score (nSPS) is 12.5. The lowest BCUT2D eigenvalue weighted by atomic mass is 10.0. The number of amides is 1. The molecule has 4 aromatic rings. The van der Waals surface area contributed by atoms with E-state index in [0.717, 1.165) is 33.5 Å². The molecule has 0 aliphatic carbocycles. The Kier molecular flexibility index (Phi) is 5.16. The Balaban J connectivity index is 1.47. The van der Waals surface area contributed by atoms with Crippen LogP contribution in [0.3, 0.4) is 0 Å². The van der Waals surface area contributed by atoms with Crippen LogP contribution in [0.2, 0.25) is 0 Å². The summed E-state index contributed by atoms with van der Waals surface area (Å²) in [7, 11) is 3.39. The van der Waals surface area contributed by atoms with Crippen LogP contribution >= 0.6 is 0 Å². The quantitative estimate of drug-likeness (QED) is 0.505. The van der Waals surface area contributed by atoms with Crippen molar-refractivity contribution < 1.29 is 13.9 Å². The number of ether oxygens (including phenoxy) is 1. The predicted molar refractivity (Wildman–Crippen MR) is 122 cm³/mol. The molecule has 0 saturated carbocycles. The van der Waals surface area contributed by atoms with Crippen molar-refractivity contribution in [3.63, 3.8) is 0 Å². The number of rotatable bonds is 5. The first-order valence-electron chi connectivity index (χ1n) is 10.6. The monoisotopic (exact) mass is 446 g/mol. The fourth-order valence-electron chi connectivity index (χ4n) is 4.11. The Morgan fingerprint density at radius 1 is 1.21 bits per heavy atom. The average Bonchev–Trinajstić information content (AvgIpc) is 3.48. The second-order valence-electron chi connectivity index (χ2n) is 8.18. The second-order valence-corrected chi connectivity index (χ2v) is 8.18. The largest absolute Gasteiger partial charge is 0.493 e. The maximum Gasteiger partial charge on any atom is 0.271 e. The number of halogens is 1. The summed E-state index contributed by atoms with van der Waals surface area (Å²) >= 11 is 0. The Bertz CT molecular complexity index is 1380. The summed E-state index contributed by atoms with van der Waals surface area (Å²) in [4.78, 5) is 26.9. The van der Waals surface area contributed by atoms with Crippen LogP contribution in [-0.2, 0) is 13.0 Å². The second kappa shape index (κ2) is 8.16. The van der Waals surface area contributed by atoms with Gasteiger partial charge in [0.1, 0.15) is 23.6 Å². The Labute approximate surface area is 190 Å². The summed E-state index contributed by atoms with van der Waals surface area (Å²) in [5, 5.41) is 3.24. The smallest absolute Gasteiger partial charge is 0.271 e. The van der Waals surface area contributed by atoms with Crippen LogP contribution in [0, 0.1) is 12.7 Å². The molecule has 0 fully saturated rings. The molecule has 0 bridgehead atoms. The minimum Gasteiger partial charge on any atom is -0.493 e. The van der Waals surface area contributed by atoms with Gasteiger partial charge in [-0.15, -0.1) is 0 Å². The zero-order valence-electron chi connectivity index (χ0n) is 18.6. The fourth-order valence-corrected chi connectivity index (χ4v) is 4.11. The van der Waals surface area contributed by atoms with Gasteiger partial charge in [-0.05, 0) is 30.7 Å². The van der Waals surface area contributed by atoms with Crippen molar-refractivity contribution in [2.75, 3.05) is 26.0 Å². The topological polar surface area (TPSA) is 84.7 Å². The van der Waals surface area contributed by atoms with Gasteiger partial charge in [0, 0.05) is 61.7 Å². The van der Waals surface area contributed by atoms with E-state index >= 15 is 0 Å². The van der Waals surface area contributed by atoms with Gasteiger partial charge in [-0.2, -0.15) is 0 Å². The van der Waals surface area contributed by atoms with Gasteiger partial charge in [-0.25, -0.2) is 14.4 Å². The molecule has 168 valence electrons. The number of carbonyl (C=O) groups is 1. The van der Waals surface area contributed by atoms with E-state index in [-0.39, 0.29) is 18.3 Å². The Morgan fingerprint density at radius 2 is 2.03 bits per heavy atom. The number of hydrogen-bond acceptors (Lipinski definition) is 6. The van der Waals surface area contributed by atoms with Gasteiger partial charge in [0.25, 0.3) is 5.91 Å². The van der Waals surface area contributed by atoms with Crippen molar-refractivity contribution in [3.8, 4) is 16.9 Å². The molecule has 5 rings (SSSR count). The summed E-state index contributed by atoms with van der Waals surface area (Å²) in [5.74, 6) is 0.872. The first-order chi connectivity index (χ1) is 15.9. The third-order valence-corrected chi connectivity index (χ3v) is 5.85. The lowest BCUT2D eigenvalue weighted by Gasteiger charge is -2.14. The SMILES string of the molecule is Cc1cc(C(=O)N(C)C)ncc1-c1cnc(NCc2c(F)ccc3c2CCO3)n2cncc12. The highest BCUT2D eigenvalue weighted by Gasteiger charge is 2.20. The van der Waals surface area contributed by atoms with E-state index in [9.17, 15) is 9.18 Å². The van der Waals surface area contributed by atoms with E-state index in [2.05, 4.69) is 20.3 Å². The molecule has 0 radical (unpaired) electrons. The standard InChI is InChI=1S/C24H23FN6O2/c1-14-8-20(23(32)30(2)3)27-9-16(14)18-11-29-24(31-13-26-12-21(18)31)28-10-17-15-6-7-33-22(15)5-4-19(17)25/h4-5,8-9,11-13H,6-7,10H2,1-3H3,(H,28,29). The van der Waals surface area contributed by atoms with Crippen LogP contribution in [0.25, 0.3) is 16.6 Å². The molecule has 1 aliphatic heterocycles. The summed E-state index contributed by atoms with van der Waals surface area (Å²) in [6.07, 6.45) is 7.53. The first-order valence-corrected chi connectivity index (χ1v) is 10.6. The van der Waals surface area contributed by atoms with E-state index in [1.54, 1.807) is 51.1 Å². The van der Waals surface area contributed by atoms with E-state index in [1.165, 1.54) is 11.0 Å². The summed E-state index contributed by atoms with van der Waals surface area (Å²) in [6.45, 7) is 2.78. The summed E-state index contributed by atoms with van der Waals surface area (Å²) < 4.78 is 21.9. The van der Waals surface area contributed by atoms with Gasteiger partial charge < -0.3 is 15.0 Å². The van der Waals surface area contributed by atoms with Crippen molar-refractivity contribution in [2.24, 2.45) is 0 Å². The number of hydrogen-bond donors (Lipinski definition) is 1. The Hall–Kier alpha value is -4.01. The lowest BCUT2D eigenvalue weighted by Crippen LogP contribution is -2.22. The molecule has 0 spiro atoms. The maximum absolute atomic E-state index is 14.5. The summed E-state index contributed by atoms with van der Waals surface area (Å²) in [6, 6.07) is 4.89. The predicted octanol–water partition coefficient (Wildman–Crippen LogP) is 3.49. The molecule has 33 heavy (non-hydrogen) atoms. The molecule has 0 saturated heterocycles. The molecule has 3 aromatic heterocycles. The first kappa shape index (κ1) is 20.9. The van der Waals surface area contributed by atoms with Crippen LogP contribution in [-0.4, -0.2) is 50.9 Å². The van der Waals surface area contributed by atoms with Crippen molar-refractivity contribution in [3.05, 3.63) is 71.3 Å². The van der Waals surface area contributed by atoms with Crippen molar-refractivity contribution in [1.29, 1.82) is 0 Å². The molecule has 1 N–H and O–H groups in total. The van der Waals surface area contributed by atoms with Gasteiger partial charge >= 0.3 is 0 Å². The van der Waals surface area contributed by atoms with Crippen LogP contribution in [0.15, 0.2) is 43.1 Å². The highest BCUT2D eigenvalue weighted by atomic mass is 19.1. The number of nitrogens with zero attached hydrogens (tertiary/aromatic N) is 5. The highest BCUT2D eigenvalue weighted by Crippen LogP contribution is 2.31. The number of benzene rings is 1. The van der Waals surface area contributed by atoms with Gasteiger partial charge in [0.2, 0.25) is 5.95 Å². The van der Waals surface area contributed by atoms with Gasteiger partial charge in [0.05, 0.1) is 18.3 Å². The number of fused-ring (bicyclic) bond motifs is 2. The lowest BCUT2D eigenvalue weighted by molar-refractivity contribution is 0.0822. The maximum atomic E-state index is 14.5. The Morgan fingerprint density at radius 3 is 2.82 bits per heavy atom. The molecule has 1 aromatic carbocycles. The third kappa shape index (κ3) is 3.65. The number of aryl methyl sites for hydroxylation is 1. The molecule has 0 atom stereocenters. The summed E-state index contributed by atoms with van der Waals surface area (Å²) in [5.41, 5.74) is 5.30. The molecule has 9 heteroatoms. The number of carbonyl (C=O) groups excluding carboxylic acids is 1. The number of imidazole rings is 1. The van der Waals surface area contributed by atoms with Gasteiger partial charge in [-0.1, -0.05) is 0 Å². The highest BCUT2D eigenvalue weighted by molar-refractivity contribution is 5.93. The van der Waals surface area contributed by atoms with Crippen molar-refractivity contribution in [2.45, 2.75) is 19.9 Å². The van der Waals surface area contributed by atoms with Crippen LogP contribution in [0.5, 0.6) is 5.75 Å². The van der Waals surface area contributed by atoms with Crippen molar-refractivity contribution in [1.82, 2.24) is 24.3 Å². The molecule has 8 nitrogen and oxygen atoms in total. The van der Waals surface area contributed by atoms with E-state index in [1.807, 2.05) is 11.3 Å². The minimum absolute atomic E-state index is 0.151. The van der Waals surface area contributed by atoms with E-state index < -0.39 is 0 Å². The van der Waals surface area contributed by atoms with E-state index in [4.69, 9.17) is 4.74 Å². The number of anilines is 1. The molecule has 1 amide bonds. The van der Waals surface area contributed by atoms with Gasteiger partial charge in [-0.3, -0.25) is 14.2 Å². The molecular weight excluding hydrogens is 423 g/mol. The number of aromatic nitrogens is 4. The fraction of sp³-hybridized carbons (Fsp3) is 0.250. The molecule has 4 heterocycles. The molecule has 1 aliphatic rings. The third-order valence-electron chi connectivity index (χ3n) is 5.85. The molecule has 0 unspecified atom stereocenters. The molecular formula is C24H23FN6O2. The van der Waals surface area contributed by atoms with Crippen LogP contribution in [0.4, 0.5) is 10.3 Å². The number of nitrogens with one attached hydrogen (secondary N) is 1.